The zero-order valence-electron chi connectivity index (χ0n) is 14.4. The Morgan fingerprint density at radius 3 is 2.67 bits per heavy atom. The van der Waals surface area contributed by atoms with Crippen molar-refractivity contribution in [1.29, 1.82) is 0 Å². The highest BCUT2D eigenvalue weighted by molar-refractivity contribution is 6.10. The molecule has 0 amide bonds. The predicted molar refractivity (Wildman–Crippen MR) is 99.8 cm³/mol. The molecule has 1 aromatic rings. The lowest BCUT2D eigenvalue weighted by Gasteiger charge is -2.20. The van der Waals surface area contributed by atoms with Crippen molar-refractivity contribution < 1.29 is 4.74 Å². The molecule has 3 nitrogen and oxygen atoms in total. The van der Waals surface area contributed by atoms with Gasteiger partial charge in [0.2, 0.25) is 0 Å². The molecular weight excluding hydrogens is 296 g/mol. The van der Waals surface area contributed by atoms with Gasteiger partial charge in [-0.1, -0.05) is 24.0 Å². The molecule has 24 heavy (non-hydrogen) atoms. The van der Waals surface area contributed by atoms with E-state index in [2.05, 4.69) is 41.1 Å². The summed E-state index contributed by atoms with van der Waals surface area (Å²) >= 11 is 0. The second kappa shape index (κ2) is 8.17. The van der Waals surface area contributed by atoms with Gasteiger partial charge >= 0.3 is 0 Å². The van der Waals surface area contributed by atoms with Crippen LogP contribution in [-0.4, -0.2) is 25.5 Å². The summed E-state index contributed by atoms with van der Waals surface area (Å²) in [6, 6.07) is 8.27. The Kier molecular flexibility index (Phi) is 5.72. The fraction of sp³-hybridized carbons (Fsp3) is 0.476. The van der Waals surface area contributed by atoms with Crippen LogP contribution >= 0.6 is 0 Å². The summed E-state index contributed by atoms with van der Waals surface area (Å²) in [5.41, 5.74) is 9.96. The van der Waals surface area contributed by atoms with Crippen LogP contribution in [0.25, 0.3) is 5.57 Å². The van der Waals surface area contributed by atoms with E-state index in [0.29, 0.717) is 12.5 Å². The summed E-state index contributed by atoms with van der Waals surface area (Å²) in [6.45, 7) is 3.49. The number of aliphatic imine (C=N–C) groups is 1. The van der Waals surface area contributed by atoms with Gasteiger partial charge in [0.1, 0.15) is 0 Å². The molecule has 1 heterocycles. The van der Waals surface area contributed by atoms with E-state index in [-0.39, 0.29) is 6.10 Å². The van der Waals surface area contributed by atoms with Gasteiger partial charge in [-0.05, 0) is 56.7 Å². The summed E-state index contributed by atoms with van der Waals surface area (Å²) in [7, 11) is 0. The van der Waals surface area contributed by atoms with Crippen LogP contribution in [0, 0.1) is 17.8 Å². The molecule has 2 aliphatic rings. The number of benzene rings is 1. The Labute approximate surface area is 145 Å². The van der Waals surface area contributed by atoms with Gasteiger partial charge in [0.25, 0.3) is 0 Å². The molecule has 1 aliphatic heterocycles. The van der Waals surface area contributed by atoms with Crippen molar-refractivity contribution in [2.24, 2.45) is 16.6 Å². The first kappa shape index (κ1) is 16.8. The highest BCUT2D eigenvalue weighted by Crippen LogP contribution is 2.27. The molecule has 2 fully saturated rings. The molecule has 0 bridgehead atoms. The maximum Gasteiger partial charge on any atom is 0.0770 e. The Morgan fingerprint density at radius 1 is 1.25 bits per heavy atom. The molecule has 1 aromatic carbocycles. The second-order valence-electron chi connectivity index (χ2n) is 6.70. The highest BCUT2D eigenvalue weighted by atomic mass is 16.5. The van der Waals surface area contributed by atoms with Crippen molar-refractivity contribution in [3.8, 4) is 11.8 Å². The van der Waals surface area contributed by atoms with Crippen LogP contribution in [0.3, 0.4) is 0 Å². The van der Waals surface area contributed by atoms with Crippen LogP contribution < -0.4 is 5.73 Å². The van der Waals surface area contributed by atoms with Gasteiger partial charge in [-0.15, -0.1) is 0 Å². The van der Waals surface area contributed by atoms with E-state index in [1.807, 2.05) is 13.1 Å². The summed E-state index contributed by atoms with van der Waals surface area (Å²) in [6.07, 6.45) is 8.17. The van der Waals surface area contributed by atoms with Gasteiger partial charge in [0.05, 0.1) is 12.6 Å². The first-order valence-electron chi connectivity index (χ1n) is 8.92. The average molecular weight is 322 g/mol. The van der Waals surface area contributed by atoms with E-state index in [1.54, 1.807) is 0 Å². The zero-order chi connectivity index (χ0) is 16.8. The third-order valence-electron chi connectivity index (χ3n) is 4.42. The van der Waals surface area contributed by atoms with Crippen molar-refractivity contribution in [3.05, 3.63) is 41.1 Å². The minimum atomic E-state index is 0.259. The summed E-state index contributed by atoms with van der Waals surface area (Å²) in [5, 5.41) is 0. The molecule has 1 saturated carbocycles. The quantitative estimate of drug-likeness (QED) is 0.677. The molecule has 2 N–H and O–H groups in total. The largest absolute Gasteiger partial charge is 0.402 e. The van der Waals surface area contributed by atoms with Gasteiger partial charge in [-0.3, -0.25) is 4.99 Å². The van der Waals surface area contributed by atoms with E-state index in [9.17, 15) is 0 Å². The summed E-state index contributed by atoms with van der Waals surface area (Å²) in [4.78, 5) is 4.57. The van der Waals surface area contributed by atoms with E-state index < -0.39 is 0 Å². The third-order valence-corrected chi connectivity index (χ3v) is 4.42. The Hall–Kier alpha value is -2.05. The first-order chi connectivity index (χ1) is 11.7. The second-order valence-corrected chi connectivity index (χ2v) is 6.70. The molecule has 1 atom stereocenters. The van der Waals surface area contributed by atoms with Crippen molar-refractivity contribution in [2.75, 3.05) is 13.2 Å². The molecule has 0 radical (unpaired) electrons. The van der Waals surface area contributed by atoms with Crippen LogP contribution in [-0.2, 0) is 4.74 Å². The molecule has 3 rings (SSSR count). The fourth-order valence-electron chi connectivity index (χ4n) is 2.76. The number of ether oxygens (including phenoxy) is 1. The number of hydrogen-bond donors (Lipinski definition) is 1. The number of nitrogens with zero attached hydrogens (tertiary/aromatic N) is 1. The van der Waals surface area contributed by atoms with Crippen molar-refractivity contribution in [1.82, 2.24) is 0 Å². The van der Waals surface area contributed by atoms with Crippen LogP contribution in [0.1, 0.15) is 50.2 Å². The smallest absolute Gasteiger partial charge is 0.0770 e. The van der Waals surface area contributed by atoms with Gasteiger partial charge < -0.3 is 10.5 Å². The van der Waals surface area contributed by atoms with Gasteiger partial charge in [-0.25, -0.2) is 0 Å². The van der Waals surface area contributed by atoms with Gasteiger partial charge in [0, 0.05) is 35.6 Å². The maximum absolute atomic E-state index is 6.06. The minimum absolute atomic E-state index is 0.259. The number of nitrogens with two attached hydrogens (primary N) is 1. The van der Waals surface area contributed by atoms with Crippen molar-refractivity contribution in [3.63, 3.8) is 0 Å². The first-order valence-corrected chi connectivity index (χ1v) is 8.92. The van der Waals surface area contributed by atoms with E-state index >= 15 is 0 Å². The van der Waals surface area contributed by atoms with Crippen LogP contribution in [0.15, 0.2) is 35.0 Å². The lowest BCUT2D eigenvalue weighted by Crippen LogP contribution is -2.21. The standard InChI is InChI=1S/C21H26N2O/c1-16(22)21(15-23-14-20-4-2-3-13-24-20)19-11-9-18(10-12-19)8-7-17-5-6-17/h9-12,15,17,20H,2-6,13-14,22H2,1H3/b21-16+,23-15?. The predicted octanol–water partition coefficient (Wildman–Crippen LogP) is 3.78. The average Bonchev–Trinajstić information content (AvgIpc) is 3.43. The normalized spacial score (nSPS) is 22.0. The van der Waals surface area contributed by atoms with Crippen molar-refractivity contribution in [2.45, 2.75) is 45.1 Å². The Morgan fingerprint density at radius 2 is 2.04 bits per heavy atom. The van der Waals surface area contributed by atoms with E-state index in [1.165, 1.54) is 25.7 Å². The summed E-state index contributed by atoms with van der Waals surface area (Å²) in [5.74, 6) is 7.15. The minimum Gasteiger partial charge on any atom is -0.402 e. The monoisotopic (exact) mass is 322 g/mol. The lowest BCUT2D eigenvalue weighted by atomic mass is 10.0. The highest BCUT2D eigenvalue weighted by Gasteiger charge is 2.17. The molecule has 126 valence electrons. The molecule has 0 spiro atoms. The van der Waals surface area contributed by atoms with Crippen LogP contribution in [0.4, 0.5) is 0 Å². The van der Waals surface area contributed by atoms with Crippen molar-refractivity contribution >= 4 is 11.8 Å². The van der Waals surface area contributed by atoms with Crippen LogP contribution in [0.2, 0.25) is 0 Å². The lowest BCUT2D eigenvalue weighted by molar-refractivity contribution is 0.0226. The molecule has 3 heteroatoms. The van der Waals surface area contributed by atoms with Crippen LogP contribution in [0.5, 0.6) is 0 Å². The molecule has 1 saturated heterocycles. The number of allylic oxidation sites excluding steroid dienone is 2. The van der Waals surface area contributed by atoms with E-state index in [0.717, 1.165) is 35.4 Å². The summed E-state index contributed by atoms with van der Waals surface area (Å²) < 4.78 is 5.72. The zero-order valence-corrected chi connectivity index (χ0v) is 14.4. The molecule has 0 aromatic heterocycles. The van der Waals surface area contributed by atoms with Gasteiger partial charge in [0.15, 0.2) is 0 Å². The molecule has 1 aliphatic carbocycles. The maximum atomic E-state index is 6.06. The van der Waals surface area contributed by atoms with E-state index in [4.69, 9.17) is 10.5 Å². The fourth-order valence-corrected chi connectivity index (χ4v) is 2.76. The molecular formula is C21H26N2O. The topological polar surface area (TPSA) is 47.6 Å². The third kappa shape index (κ3) is 4.97. The Bertz CT molecular complexity index is 662. The number of hydrogen-bond acceptors (Lipinski definition) is 3. The Balaban J connectivity index is 1.64. The van der Waals surface area contributed by atoms with Gasteiger partial charge in [-0.2, -0.15) is 0 Å². The number of rotatable bonds is 4. The molecule has 1 unspecified atom stereocenters. The SMILES string of the molecule is C/C(N)=C(/C=NCC1CCCCO1)c1ccc(C#CC2CC2)cc1.